The standard InChI is InChI=1S/C20H27FN4O/c1-23(2)12-13-24-11-9-22-20(24)17-4-3-10-25(15-17)19(26)14-16-5-7-18(21)8-6-16/h5-9,11,17H,3-4,10,12-15H2,1-2H3/t17-/m1/s1. The third-order valence-corrected chi connectivity index (χ3v) is 4.94. The van der Waals surface area contributed by atoms with Crippen molar-refractivity contribution in [3.8, 4) is 0 Å². The Morgan fingerprint density at radius 1 is 1.31 bits per heavy atom. The van der Waals surface area contributed by atoms with Gasteiger partial charge in [0, 0.05) is 44.5 Å². The Hall–Kier alpha value is -2.21. The van der Waals surface area contributed by atoms with E-state index in [2.05, 4.69) is 28.5 Å². The minimum Gasteiger partial charge on any atom is -0.342 e. The summed E-state index contributed by atoms with van der Waals surface area (Å²) in [6.07, 6.45) is 6.24. The second-order valence-electron chi connectivity index (χ2n) is 7.26. The van der Waals surface area contributed by atoms with Gasteiger partial charge in [0.1, 0.15) is 11.6 Å². The zero-order valence-corrected chi connectivity index (χ0v) is 15.6. The summed E-state index contributed by atoms with van der Waals surface area (Å²) in [7, 11) is 4.13. The van der Waals surface area contributed by atoms with Crippen LogP contribution >= 0.6 is 0 Å². The van der Waals surface area contributed by atoms with Gasteiger partial charge in [-0.15, -0.1) is 0 Å². The molecule has 26 heavy (non-hydrogen) atoms. The van der Waals surface area contributed by atoms with Crippen molar-refractivity contribution in [3.63, 3.8) is 0 Å². The summed E-state index contributed by atoms with van der Waals surface area (Å²) >= 11 is 0. The maximum atomic E-state index is 13.0. The third-order valence-electron chi connectivity index (χ3n) is 4.94. The molecule has 1 aromatic carbocycles. The summed E-state index contributed by atoms with van der Waals surface area (Å²) in [5, 5.41) is 0. The molecule has 2 aromatic rings. The van der Waals surface area contributed by atoms with Crippen molar-refractivity contribution in [2.45, 2.75) is 31.7 Å². The first-order chi connectivity index (χ1) is 12.5. The number of nitrogens with zero attached hydrogens (tertiary/aromatic N) is 4. The molecule has 1 aromatic heterocycles. The number of hydrogen-bond donors (Lipinski definition) is 0. The average Bonchev–Trinajstić information content (AvgIpc) is 3.10. The molecule has 1 saturated heterocycles. The molecule has 0 bridgehead atoms. The monoisotopic (exact) mass is 358 g/mol. The second kappa shape index (κ2) is 8.45. The van der Waals surface area contributed by atoms with Gasteiger partial charge in [-0.3, -0.25) is 4.79 Å². The molecular formula is C20H27FN4O. The number of imidazole rings is 1. The number of rotatable bonds is 6. The van der Waals surface area contributed by atoms with Gasteiger partial charge in [-0.05, 0) is 44.6 Å². The van der Waals surface area contributed by atoms with E-state index in [-0.39, 0.29) is 17.6 Å². The fourth-order valence-electron chi connectivity index (χ4n) is 3.48. The van der Waals surface area contributed by atoms with Crippen LogP contribution in [0.15, 0.2) is 36.7 Å². The molecule has 0 aliphatic carbocycles. The van der Waals surface area contributed by atoms with E-state index in [0.717, 1.165) is 43.9 Å². The highest BCUT2D eigenvalue weighted by Gasteiger charge is 2.27. The lowest BCUT2D eigenvalue weighted by Crippen LogP contribution is -2.40. The second-order valence-corrected chi connectivity index (χ2v) is 7.26. The van der Waals surface area contributed by atoms with E-state index in [9.17, 15) is 9.18 Å². The molecule has 1 aliphatic rings. The maximum absolute atomic E-state index is 13.0. The Bertz CT molecular complexity index is 726. The number of likely N-dealkylation sites (tertiary alicyclic amines) is 1. The zero-order chi connectivity index (χ0) is 18.5. The highest BCUT2D eigenvalue weighted by Crippen LogP contribution is 2.26. The first kappa shape index (κ1) is 18.6. The van der Waals surface area contributed by atoms with Crippen molar-refractivity contribution < 1.29 is 9.18 Å². The van der Waals surface area contributed by atoms with Gasteiger partial charge >= 0.3 is 0 Å². The normalized spacial score (nSPS) is 17.7. The molecule has 1 amide bonds. The number of halogens is 1. The summed E-state index contributed by atoms with van der Waals surface area (Å²) in [4.78, 5) is 21.3. The lowest BCUT2D eigenvalue weighted by molar-refractivity contribution is -0.131. The summed E-state index contributed by atoms with van der Waals surface area (Å²) in [5.74, 6) is 1.18. The van der Waals surface area contributed by atoms with E-state index in [1.165, 1.54) is 12.1 Å². The lowest BCUT2D eigenvalue weighted by atomic mass is 9.96. The Morgan fingerprint density at radius 2 is 2.08 bits per heavy atom. The smallest absolute Gasteiger partial charge is 0.227 e. The van der Waals surface area contributed by atoms with Gasteiger partial charge in [-0.2, -0.15) is 0 Å². The minimum absolute atomic E-state index is 0.104. The van der Waals surface area contributed by atoms with Gasteiger partial charge in [-0.1, -0.05) is 12.1 Å². The number of carbonyl (C=O) groups is 1. The van der Waals surface area contributed by atoms with Crippen molar-refractivity contribution in [1.82, 2.24) is 19.4 Å². The molecule has 6 heteroatoms. The van der Waals surface area contributed by atoms with Crippen LogP contribution in [-0.4, -0.2) is 59.0 Å². The van der Waals surface area contributed by atoms with E-state index < -0.39 is 0 Å². The molecule has 2 heterocycles. The number of likely N-dealkylation sites (N-methyl/N-ethyl adjacent to an activating group) is 1. The highest BCUT2D eigenvalue weighted by atomic mass is 19.1. The summed E-state index contributed by atoms with van der Waals surface area (Å²) in [5.41, 5.74) is 0.853. The molecular weight excluding hydrogens is 331 g/mol. The topological polar surface area (TPSA) is 41.4 Å². The SMILES string of the molecule is CN(C)CCn1ccnc1[C@@H]1CCCN(C(=O)Cc2ccc(F)cc2)C1. The maximum Gasteiger partial charge on any atom is 0.227 e. The molecule has 0 radical (unpaired) electrons. The number of benzene rings is 1. The number of piperidine rings is 1. The Morgan fingerprint density at radius 3 is 2.81 bits per heavy atom. The minimum atomic E-state index is -0.274. The largest absolute Gasteiger partial charge is 0.342 e. The molecule has 0 spiro atoms. The summed E-state index contributed by atoms with van der Waals surface area (Å²) < 4.78 is 15.2. The van der Waals surface area contributed by atoms with Gasteiger partial charge in [0.25, 0.3) is 0 Å². The highest BCUT2D eigenvalue weighted by molar-refractivity contribution is 5.79. The first-order valence-electron chi connectivity index (χ1n) is 9.21. The van der Waals surface area contributed by atoms with Crippen molar-refractivity contribution in [2.75, 3.05) is 33.7 Å². The van der Waals surface area contributed by atoms with E-state index in [0.29, 0.717) is 13.0 Å². The van der Waals surface area contributed by atoms with Crippen molar-refractivity contribution in [2.24, 2.45) is 0 Å². The number of carbonyl (C=O) groups excluding carboxylic acids is 1. The van der Waals surface area contributed by atoms with Gasteiger partial charge in [0.2, 0.25) is 5.91 Å². The number of amides is 1. The van der Waals surface area contributed by atoms with Crippen LogP contribution in [0.25, 0.3) is 0 Å². The molecule has 0 N–H and O–H groups in total. The zero-order valence-electron chi connectivity index (χ0n) is 15.6. The van der Waals surface area contributed by atoms with Crippen molar-refractivity contribution >= 4 is 5.91 Å². The van der Waals surface area contributed by atoms with Crippen molar-refractivity contribution in [3.05, 3.63) is 53.9 Å². The molecule has 0 unspecified atom stereocenters. The lowest BCUT2D eigenvalue weighted by Gasteiger charge is -2.33. The van der Waals surface area contributed by atoms with Gasteiger partial charge in [0.05, 0.1) is 6.42 Å². The molecule has 5 nitrogen and oxygen atoms in total. The summed E-state index contributed by atoms with van der Waals surface area (Å²) in [6, 6.07) is 6.18. The van der Waals surface area contributed by atoms with E-state index in [4.69, 9.17) is 0 Å². The van der Waals surface area contributed by atoms with Crippen LogP contribution in [0.2, 0.25) is 0 Å². The van der Waals surface area contributed by atoms with E-state index in [1.54, 1.807) is 12.1 Å². The number of hydrogen-bond acceptors (Lipinski definition) is 3. The van der Waals surface area contributed by atoms with Crippen LogP contribution in [0.4, 0.5) is 4.39 Å². The third kappa shape index (κ3) is 4.69. The average molecular weight is 358 g/mol. The quantitative estimate of drug-likeness (QED) is 0.797. The van der Waals surface area contributed by atoms with E-state index >= 15 is 0 Å². The molecule has 1 fully saturated rings. The fraction of sp³-hybridized carbons (Fsp3) is 0.500. The predicted octanol–water partition coefficient (Wildman–Crippen LogP) is 2.53. The molecule has 1 aliphatic heterocycles. The van der Waals surface area contributed by atoms with Gasteiger partial charge in [-0.25, -0.2) is 9.37 Å². The Kier molecular flexibility index (Phi) is 6.04. The molecule has 1 atom stereocenters. The predicted molar refractivity (Wildman–Crippen MR) is 99.4 cm³/mol. The van der Waals surface area contributed by atoms with Crippen LogP contribution in [0, 0.1) is 5.82 Å². The van der Waals surface area contributed by atoms with Gasteiger partial charge in [0.15, 0.2) is 0 Å². The summed E-state index contributed by atoms with van der Waals surface area (Å²) in [6.45, 7) is 3.36. The van der Waals surface area contributed by atoms with Crippen molar-refractivity contribution in [1.29, 1.82) is 0 Å². The number of aromatic nitrogens is 2. The van der Waals surface area contributed by atoms with Gasteiger partial charge < -0.3 is 14.4 Å². The van der Waals surface area contributed by atoms with Crippen LogP contribution in [0.3, 0.4) is 0 Å². The van der Waals surface area contributed by atoms with Crippen LogP contribution in [0.5, 0.6) is 0 Å². The Labute approximate surface area is 154 Å². The molecule has 3 rings (SSSR count). The fourth-order valence-corrected chi connectivity index (χ4v) is 3.48. The van der Waals surface area contributed by atoms with Crippen LogP contribution < -0.4 is 0 Å². The van der Waals surface area contributed by atoms with Crippen LogP contribution in [-0.2, 0) is 17.8 Å². The van der Waals surface area contributed by atoms with E-state index in [1.807, 2.05) is 17.3 Å². The molecule has 140 valence electrons. The first-order valence-corrected chi connectivity index (χ1v) is 9.21. The van der Waals surface area contributed by atoms with Crippen LogP contribution in [0.1, 0.15) is 30.1 Å². The Balaban J connectivity index is 1.63. The molecule has 0 saturated carbocycles.